The van der Waals surface area contributed by atoms with Gasteiger partial charge in [0.25, 0.3) is 0 Å². The summed E-state index contributed by atoms with van der Waals surface area (Å²) in [5, 5.41) is 3.27. The number of carbonyl (C=O) groups excluding carboxylic acids is 1. The summed E-state index contributed by atoms with van der Waals surface area (Å²) < 4.78 is 0. The van der Waals surface area contributed by atoms with Gasteiger partial charge in [-0.25, -0.2) is 0 Å². The Kier molecular flexibility index (Phi) is 4.29. The molecule has 2 aliphatic rings. The molecule has 114 valence electrons. The molecule has 2 unspecified atom stereocenters. The van der Waals surface area contributed by atoms with Gasteiger partial charge >= 0.3 is 0 Å². The van der Waals surface area contributed by atoms with Gasteiger partial charge < -0.3 is 11.1 Å². The van der Waals surface area contributed by atoms with Crippen LogP contribution < -0.4 is 11.1 Å². The topological polar surface area (TPSA) is 55.1 Å². The summed E-state index contributed by atoms with van der Waals surface area (Å²) in [6.45, 7) is 0.488. The molecular formula is C18H26N2O. The molecule has 0 aliphatic heterocycles. The number of benzene rings is 1. The largest absolute Gasteiger partial charge is 0.352 e. The zero-order valence-corrected chi connectivity index (χ0v) is 12.7. The molecule has 0 saturated heterocycles. The summed E-state index contributed by atoms with van der Waals surface area (Å²) in [6, 6.07) is 10.8. The zero-order valence-electron chi connectivity index (χ0n) is 12.7. The molecule has 0 aromatic heterocycles. The van der Waals surface area contributed by atoms with Crippen molar-refractivity contribution in [3.8, 4) is 0 Å². The lowest BCUT2D eigenvalue weighted by Crippen LogP contribution is -2.46. The van der Waals surface area contributed by atoms with Crippen LogP contribution in [0.5, 0.6) is 0 Å². The van der Waals surface area contributed by atoms with E-state index in [-0.39, 0.29) is 11.3 Å². The first-order valence-corrected chi connectivity index (χ1v) is 8.31. The Hall–Kier alpha value is -1.35. The molecule has 2 atom stereocenters. The SMILES string of the molecule is NCC1(C(=O)NC2CC2c2ccccc2)CCCCCC1. The lowest BCUT2D eigenvalue weighted by molar-refractivity contribution is -0.131. The molecule has 3 rings (SSSR count). The maximum absolute atomic E-state index is 12.7. The number of nitrogens with one attached hydrogen (secondary N) is 1. The number of amides is 1. The van der Waals surface area contributed by atoms with E-state index < -0.39 is 0 Å². The standard InChI is InChI=1S/C18H26N2O/c19-13-18(10-6-1-2-7-11-18)17(21)20-16-12-15(16)14-8-4-3-5-9-14/h3-5,8-9,15-16H,1-2,6-7,10-13,19H2,(H,20,21). The van der Waals surface area contributed by atoms with E-state index in [1.165, 1.54) is 18.4 Å². The number of hydrogen-bond acceptors (Lipinski definition) is 2. The van der Waals surface area contributed by atoms with E-state index in [1.807, 2.05) is 6.07 Å². The molecule has 0 bridgehead atoms. The monoisotopic (exact) mass is 286 g/mol. The molecular weight excluding hydrogens is 260 g/mol. The van der Waals surface area contributed by atoms with E-state index >= 15 is 0 Å². The third-order valence-electron chi connectivity index (χ3n) is 5.27. The maximum Gasteiger partial charge on any atom is 0.227 e. The van der Waals surface area contributed by atoms with Crippen LogP contribution in [-0.2, 0) is 4.79 Å². The van der Waals surface area contributed by atoms with Gasteiger partial charge in [0, 0.05) is 18.5 Å². The lowest BCUT2D eigenvalue weighted by Gasteiger charge is -2.30. The molecule has 0 spiro atoms. The molecule has 0 radical (unpaired) electrons. The molecule has 21 heavy (non-hydrogen) atoms. The van der Waals surface area contributed by atoms with Crippen molar-refractivity contribution in [1.82, 2.24) is 5.32 Å². The van der Waals surface area contributed by atoms with Crippen molar-refractivity contribution in [2.45, 2.75) is 56.9 Å². The van der Waals surface area contributed by atoms with Crippen molar-refractivity contribution in [3.05, 3.63) is 35.9 Å². The number of hydrogen-bond donors (Lipinski definition) is 2. The third kappa shape index (κ3) is 3.13. The van der Waals surface area contributed by atoms with Crippen LogP contribution >= 0.6 is 0 Å². The fourth-order valence-corrected chi connectivity index (χ4v) is 3.67. The summed E-state index contributed by atoms with van der Waals surface area (Å²) >= 11 is 0. The van der Waals surface area contributed by atoms with Crippen LogP contribution in [0.4, 0.5) is 0 Å². The van der Waals surface area contributed by atoms with Gasteiger partial charge in [0.05, 0.1) is 5.41 Å². The van der Waals surface area contributed by atoms with Crippen LogP contribution in [0.2, 0.25) is 0 Å². The lowest BCUT2D eigenvalue weighted by atomic mass is 9.79. The van der Waals surface area contributed by atoms with Crippen LogP contribution in [0.15, 0.2) is 30.3 Å². The minimum atomic E-state index is -0.305. The predicted octanol–water partition coefficient (Wildman–Crippen LogP) is 2.96. The van der Waals surface area contributed by atoms with E-state index in [4.69, 9.17) is 5.73 Å². The predicted molar refractivity (Wildman–Crippen MR) is 84.9 cm³/mol. The Morgan fingerprint density at radius 3 is 2.43 bits per heavy atom. The number of nitrogens with two attached hydrogens (primary N) is 1. The molecule has 2 fully saturated rings. The van der Waals surface area contributed by atoms with Gasteiger partial charge in [0.1, 0.15) is 0 Å². The summed E-state index contributed by atoms with van der Waals surface area (Å²) in [5.41, 5.74) is 7.02. The van der Waals surface area contributed by atoms with Crippen molar-refractivity contribution in [2.24, 2.45) is 11.1 Å². The van der Waals surface area contributed by atoms with Gasteiger partial charge in [-0.2, -0.15) is 0 Å². The molecule has 1 amide bonds. The molecule has 3 N–H and O–H groups in total. The van der Waals surface area contributed by atoms with Gasteiger partial charge in [-0.1, -0.05) is 56.0 Å². The van der Waals surface area contributed by atoms with Gasteiger partial charge in [0.15, 0.2) is 0 Å². The van der Waals surface area contributed by atoms with Crippen LogP contribution in [0.3, 0.4) is 0 Å². The average Bonchev–Trinajstić information content (AvgIpc) is 3.31. The van der Waals surface area contributed by atoms with Gasteiger partial charge in [0.2, 0.25) is 5.91 Å². The first kappa shape index (κ1) is 14.6. The highest BCUT2D eigenvalue weighted by atomic mass is 16.2. The van der Waals surface area contributed by atoms with E-state index in [2.05, 4.69) is 29.6 Å². The second kappa shape index (κ2) is 6.18. The zero-order chi connectivity index (χ0) is 14.7. The normalized spacial score (nSPS) is 27.7. The molecule has 1 aromatic rings. The summed E-state index contributed by atoms with van der Waals surface area (Å²) in [4.78, 5) is 12.7. The molecule has 2 aliphatic carbocycles. The van der Waals surface area contributed by atoms with Crippen LogP contribution in [0, 0.1) is 5.41 Å². The second-order valence-electron chi connectivity index (χ2n) is 6.73. The van der Waals surface area contributed by atoms with Crippen LogP contribution in [0.25, 0.3) is 0 Å². The first-order valence-electron chi connectivity index (χ1n) is 8.31. The van der Waals surface area contributed by atoms with Gasteiger partial charge in [-0.05, 0) is 24.8 Å². The Morgan fingerprint density at radius 1 is 1.14 bits per heavy atom. The fourth-order valence-electron chi connectivity index (χ4n) is 3.67. The van der Waals surface area contributed by atoms with Gasteiger partial charge in [-0.15, -0.1) is 0 Å². The van der Waals surface area contributed by atoms with Crippen molar-refractivity contribution in [1.29, 1.82) is 0 Å². The van der Waals surface area contributed by atoms with E-state index in [0.29, 0.717) is 18.5 Å². The van der Waals surface area contributed by atoms with Crippen LogP contribution in [-0.4, -0.2) is 18.5 Å². The van der Waals surface area contributed by atoms with Crippen LogP contribution in [0.1, 0.15) is 56.4 Å². The maximum atomic E-state index is 12.7. The highest BCUT2D eigenvalue weighted by Crippen LogP contribution is 2.42. The Bertz CT molecular complexity index is 477. The summed E-state index contributed by atoms with van der Waals surface area (Å²) in [5.74, 6) is 0.700. The molecule has 2 saturated carbocycles. The van der Waals surface area contributed by atoms with Gasteiger partial charge in [-0.3, -0.25) is 4.79 Å². The number of carbonyl (C=O) groups is 1. The summed E-state index contributed by atoms with van der Waals surface area (Å²) in [6.07, 6.45) is 7.73. The average molecular weight is 286 g/mol. The van der Waals surface area contributed by atoms with E-state index in [1.54, 1.807) is 0 Å². The fraction of sp³-hybridized carbons (Fsp3) is 0.611. The second-order valence-corrected chi connectivity index (χ2v) is 6.73. The molecule has 3 heteroatoms. The molecule has 1 aromatic carbocycles. The van der Waals surface area contributed by atoms with Crippen molar-refractivity contribution < 1.29 is 4.79 Å². The van der Waals surface area contributed by atoms with Crippen molar-refractivity contribution >= 4 is 5.91 Å². The third-order valence-corrected chi connectivity index (χ3v) is 5.27. The van der Waals surface area contributed by atoms with Crippen molar-refractivity contribution in [3.63, 3.8) is 0 Å². The quantitative estimate of drug-likeness (QED) is 0.836. The first-order chi connectivity index (χ1) is 10.2. The van der Waals surface area contributed by atoms with E-state index in [0.717, 1.165) is 32.1 Å². The molecule has 3 nitrogen and oxygen atoms in total. The highest BCUT2D eigenvalue weighted by Gasteiger charge is 2.44. The minimum absolute atomic E-state index is 0.204. The Morgan fingerprint density at radius 2 is 1.81 bits per heavy atom. The Labute approximate surface area is 127 Å². The van der Waals surface area contributed by atoms with E-state index in [9.17, 15) is 4.79 Å². The Balaban J connectivity index is 1.61. The smallest absolute Gasteiger partial charge is 0.227 e. The number of rotatable bonds is 4. The summed E-state index contributed by atoms with van der Waals surface area (Å²) in [7, 11) is 0. The minimum Gasteiger partial charge on any atom is -0.352 e. The van der Waals surface area contributed by atoms with Crippen molar-refractivity contribution in [2.75, 3.05) is 6.54 Å². The highest BCUT2D eigenvalue weighted by molar-refractivity contribution is 5.83. The molecule has 0 heterocycles.